The molecule has 0 fully saturated rings. The first-order valence-electron chi connectivity index (χ1n) is 10.3. The summed E-state index contributed by atoms with van der Waals surface area (Å²) in [5.74, 6) is -0.194. The third kappa shape index (κ3) is 4.91. The Bertz CT molecular complexity index is 1160. The maximum absolute atomic E-state index is 12.7. The third-order valence-electron chi connectivity index (χ3n) is 5.12. The molecule has 1 heterocycles. The van der Waals surface area contributed by atoms with Crippen molar-refractivity contribution < 1.29 is 14.3 Å². The predicted octanol–water partition coefficient (Wildman–Crippen LogP) is 2.77. The predicted molar refractivity (Wildman–Crippen MR) is 118 cm³/mol. The number of carbonyl (C=O) groups is 2. The van der Waals surface area contributed by atoms with Crippen molar-refractivity contribution in [1.29, 1.82) is 0 Å². The van der Waals surface area contributed by atoms with Crippen molar-refractivity contribution in [1.82, 2.24) is 20.6 Å². The quantitative estimate of drug-likeness (QED) is 0.570. The van der Waals surface area contributed by atoms with E-state index in [1.807, 2.05) is 24.3 Å². The van der Waals surface area contributed by atoms with Gasteiger partial charge in [-0.15, -0.1) is 0 Å². The lowest BCUT2D eigenvalue weighted by Gasteiger charge is -2.15. The minimum atomic E-state index is -0.619. The molecule has 0 bridgehead atoms. The Morgan fingerprint density at radius 2 is 1.71 bits per heavy atom. The zero-order chi connectivity index (χ0) is 22.4. The monoisotopic (exact) mass is 422 g/mol. The zero-order valence-electron chi connectivity index (χ0n) is 17.8. The van der Waals surface area contributed by atoms with Gasteiger partial charge in [-0.25, -0.2) is 4.68 Å². The van der Waals surface area contributed by atoms with Crippen LogP contribution in [0, 0.1) is 0 Å². The molecule has 2 aromatic carbocycles. The molecule has 1 unspecified atom stereocenters. The number of amides is 2. The van der Waals surface area contributed by atoms with Gasteiger partial charge in [0, 0.05) is 11.9 Å². The molecular weight excluding hydrogens is 396 g/mol. The number of fused-ring (bicyclic) bond motifs is 1. The van der Waals surface area contributed by atoms with E-state index in [9.17, 15) is 14.4 Å². The molecule has 0 radical (unpaired) electrons. The first kappa shape index (κ1) is 22.0. The topological polar surface area (TPSA) is 102 Å². The van der Waals surface area contributed by atoms with Gasteiger partial charge >= 0.3 is 0 Å². The SMILES string of the molecule is CCC(C)c1ccccc1OCC(=O)NNC(=O)c1nn(CC)c(=O)c2ccccc12. The summed E-state index contributed by atoms with van der Waals surface area (Å²) < 4.78 is 6.87. The number of carbonyl (C=O) groups excluding carboxylic acids is 2. The van der Waals surface area contributed by atoms with Crippen molar-refractivity contribution in [2.24, 2.45) is 0 Å². The van der Waals surface area contributed by atoms with Crippen LogP contribution in [0.4, 0.5) is 0 Å². The van der Waals surface area contributed by atoms with Crippen LogP contribution in [0.5, 0.6) is 5.75 Å². The van der Waals surface area contributed by atoms with Gasteiger partial charge in [-0.05, 0) is 37.0 Å². The summed E-state index contributed by atoms with van der Waals surface area (Å²) in [6.07, 6.45) is 0.948. The van der Waals surface area contributed by atoms with E-state index in [0.717, 1.165) is 12.0 Å². The van der Waals surface area contributed by atoms with Gasteiger partial charge < -0.3 is 4.74 Å². The van der Waals surface area contributed by atoms with Gasteiger partial charge in [0.2, 0.25) is 0 Å². The Kier molecular flexibility index (Phi) is 7.02. The third-order valence-corrected chi connectivity index (χ3v) is 5.12. The van der Waals surface area contributed by atoms with Crippen LogP contribution < -0.4 is 21.1 Å². The van der Waals surface area contributed by atoms with Crippen LogP contribution in [0.3, 0.4) is 0 Å². The van der Waals surface area contributed by atoms with E-state index in [2.05, 4.69) is 29.8 Å². The average molecular weight is 422 g/mol. The Balaban J connectivity index is 1.68. The summed E-state index contributed by atoms with van der Waals surface area (Å²) in [6.45, 7) is 6.01. The molecule has 0 spiro atoms. The fourth-order valence-electron chi connectivity index (χ4n) is 3.22. The molecule has 8 nitrogen and oxygen atoms in total. The summed E-state index contributed by atoms with van der Waals surface area (Å²) in [7, 11) is 0. The molecule has 2 amide bonds. The zero-order valence-corrected chi connectivity index (χ0v) is 17.8. The molecule has 31 heavy (non-hydrogen) atoms. The molecule has 0 saturated carbocycles. The number of rotatable bonds is 7. The molecular formula is C23H26N4O4. The number of aromatic nitrogens is 2. The standard InChI is InChI=1S/C23H26N4O4/c1-4-15(3)16-10-8-9-13-19(16)31-14-20(28)24-25-22(29)21-17-11-6-7-12-18(17)23(30)27(5-2)26-21/h6-13,15H,4-5,14H2,1-3H3,(H,24,28)(H,25,29). The van der Waals surface area contributed by atoms with E-state index in [1.165, 1.54) is 4.68 Å². The number of ether oxygens (including phenoxy) is 1. The Labute approximate surface area is 180 Å². The maximum atomic E-state index is 12.7. The van der Waals surface area contributed by atoms with Crippen LogP contribution in [0.15, 0.2) is 53.3 Å². The molecule has 3 aromatic rings. The van der Waals surface area contributed by atoms with Crippen molar-refractivity contribution in [3.63, 3.8) is 0 Å². The summed E-state index contributed by atoms with van der Waals surface area (Å²) in [6, 6.07) is 14.3. The first-order valence-corrected chi connectivity index (χ1v) is 10.3. The summed E-state index contributed by atoms with van der Waals surface area (Å²) >= 11 is 0. The molecule has 2 N–H and O–H groups in total. The van der Waals surface area contributed by atoms with Gasteiger partial charge in [0.1, 0.15) is 5.75 Å². The van der Waals surface area contributed by atoms with Crippen molar-refractivity contribution in [2.45, 2.75) is 39.7 Å². The van der Waals surface area contributed by atoms with Crippen LogP contribution in [0.2, 0.25) is 0 Å². The lowest BCUT2D eigenvalue weighted by atomic mass is 9.98. The highest BCUT2D eigenvalue weighted by atomic mass is 16.5. The molecule has 0 aliphatic carbocycles. The fourth-order valence-corrected chi connectivity index (χ4v) is 3.22. The van der Waals surface area contributed by atoms with Crippen molar-refractivity contribution in [3.8, 4) is 5.75 Å². The van der Waals surface area contributed by atoms with Gasteiger partial charge in [-0.1, -0.05) is 50.2 Å². The van der Waals surface area contributed by atoms with E-state index in [-0.39, 0.29) is 17.9 Å². The summed E-state index contributed by atoms with van der Waals surface area (Å²) in [5.41, 5.74) is 5.50. The molecule has 0 aliphatic rings. The number of nitrogens with zero attached hydrogens (tertiary/aromatic N) is 2. The number of benzene rings is 2. The van der Waals surface area contributed by atoms with Crippen LogP contribution in [-0.4, -0.2) is 28.2 Å². The van der Waals surface area contributed by atoms with E-state index in [4.69, 9.17) is 4.74 Å². The number of nitrogens with one attached hydrogen (secondary N) is 2. The highest BCUT2D eigenvalue weighted by Gasteiger charge is 2.17. The van der Waals surface area contributed by atoms with Gasteiger partial charge in [0.15, 0.2) is 12.3 Å². The summed E-state index contributed by atoms with van der Waals surface area (Å²) in [5, 5.41) is 4.95. The number of para-hydroxylation sites is 1. The molecule has 8 heteroatoms. The maximum Gasteiger partial charge on any atom is 0.290 e. The van der Waals surface area contributed by atoms with Crippen LogP contribution in [0.1, 0.15) is 49.2 Å². The lowest BCUT2D eigenvalue weighted by molar-refractivity contribution is -0.123. The molecule has 1 atom stereocenters. The second-order valence-electron chi connectivity index (χ2n) is 7.15. The van der Waals surface area contributed by atoms with E-state index in [1.54, 1.807) is 31.2 Å². The average Bonchev–Trinajstić information content (AvgIpc) is 2.81. The smallest absolute Gasteiger partial charge is 0.290 e. The normalized spacial score (nSPS) is 11.7. The minimum absolute atomic E-state index is 0.0559. The van der Waals surface area contributed by atoms with Crippen LogP contribution in [-0.2, 0) is 11.3 Å². The number of hydrogen-bond donors (Lipinski definition) is 2. The molecule has 0 aliphatic heterocycles. The largest absolute Gasteiger partial charge is 0.483 e. The van der Waals surface area contributed by atoms with Gasteiger partial charge in [0.05, 0.1) is 5.39 Å². The fraction of sp³-hybridized carbons (Fsp3) is 0.304. The minimum Gasteiger partial charge on any atom is -0.483 e. The van der Waals surface area contributed by atoms with Crippen molar-refractivity contribution in [3.05, 3.63) is 70.1 Å². The van der Waals surface area contributed by atoms with Gasteiger partial charge in [-0.2, -0.15) is 5.10 Å². The first-order chi connectivity index (χ1) is 15.0. The van der Waals surface area contributed by atoms with E-state index < -0.39 is 11.8 Å². The Hall–Kier alpha value is -3.68. The molecule has 3 rings (SSSR count). The number of aryl methyl sites for hydroxylation is 1. The number of hydrazine groups is 1. The molecule has 162 valence electrons. The second kappa shape index (κ2) is 9.88. The summed E-state index contributed by atoms with van der Waals surface area (Å²) in [4.78, 5) is 37.3. The van der Waals surface area contributed by atoms with Gasteiger partial charge in [-0.3, -0.25) is 25.2 Å². The second-order valence-corrected chi connectivity index (χ2v) is 7.15. The highest BCUT2D eigenvalue weighted by Crippen LogP contribution is 2.28. The van der Waals surface area contributed by atoms with Crippen LogP contribution in [0.25, 0.3) is 10.8 Å². The lowest BCUT2D eigenvalue weighted by Crippen LogP contribution is -2.44. The van der Waals surface area contributed by atoms with E-state index in [0.29, 0.717) is 29.0 Å². The van der Waals surface area contributed by atoms with Crippen LogP contribution >= 0.6 is 0 Å². The molecule has 0 saturated heterocycles. The van der Waals surface area contributed by atoms with Crippen molar-refractivity contribution >= 4 is 22.6 Å². The Morgan fingerprint density at radius 1 is 1.03 bits per heavy atom. The van der Waals surface area contributed by atoms with Gasteiger partial charge in [0.25, 0.3) is 17.4 Å². The number of hydrogen-bond acceptors (Lipinski definition) is 5. The van der Waals surface area contributed by atoms with Crippen molar-refractivity contribution in [2.75, 3.05) is 6.61 Å². The van der Waals surface area contributed by atoms with E-state index >= 15 is 0 Å². The molecule has 1 aromatic heterocycles. The highest BCUT2D eigenvalue weighted by molar-refractivity contribution is 6.05. The Morgan fingerprint density at radius 3 is 2.42 bits per heavy atom.